The van der Waals surface area contributed by atoms with Crippen molar-refractivity contribution in [1.29, 1.82) is 0 Å². The summed E-state index contributed by atoms with van der Waals surface area (Å²) in [6, 6.07) is 14.3. The number of aliphatic hydroxyl groups is 1. The predicted octanol–water partition coefficient (Wildman–Crippen LogP) is 2.75. The molecule has 0 bridgehead atoms. The van der Waals surface area contributed by atoms with Gasteiger partial charge in [0.1, 0.15) is 6.10 Å². The molecule has 12 heteroatoms. The fraction of sp³-hybridized carbons (Fsp3) is 0.517. The highest BCUT2D eigenvalue weighted by Gasteiger charge is 2.44. The number of amides is 2. The van der Waals surface area contributed by atoms with Crippen LogP contribution >= 0.6 is 0 Å². The van der Waals surface area contributed by atoms with Gasteiger partial charge in [-0.05, 0) is 48.6 Å². The number of hydrogen-bond donors (Lipinski definition) is 3. The average Bonchev–Trinajstić information content (AvgIpc) is 3.53. The Hall–Kier alpha value is -3.03. The Labute approximate surface area is 241 Å². The summed E-state index contributed by atoms with van der Waals surface area (Å²) in [6.07, 6.45) is -1.81. The first-order valence-electron chi connectivity index (χ1n) is 13.8. The quantitative estimate of drug-likeness (QED) is 0.343. The minimum atomic E-state index is -4.01. The van der Waals surface area contributed by atoms with Gasteiger partial charge in [0.15, 0.2) is 6.29 Å². The minimum absolute atomic E-state index is 0.0287. The maximum absolute atomic E-state index is 13.7. The van der Waals surface area contributed by atoms with Crippen LogP contribution in [-0.2, 0) is 35.4 Å². The van der Waals surface area contributed by atoms with Gasteiger partial charge >= 0.3 is 6.09 Å². The number of aliphatic hydroxyl groups excluding tert-OH is 1. The highest BCUT2D eigenvalue weighted by molar-refractivity contribution is 7.89. The second kappa shape index (κ2) is 13.8. The van der Waals surface area contributed by atoms with Crippen molar-refractivity contribution in [3.8, 4) is 0 Å². The van der Waals surface area contributed by atoms with Crippen molar-refractivity contribution in [2.75, 3.05) is 31.6 Å². The van der Waals surface area contributed by atoms with E-state index in [1.165, 1.54) is 35.5 Å². The molecule has 11 nitrogen and oxygen atoms in total. The van der Waals surface area contributed by atoms with E-state index < -0.39 is 34.4 Å². The number of fused-ring (bicyclic) bond motifs is 1. The van der Waals surface area contributed by atoms with Crippen LogP contribution in [0.5, 0.6) is 0 Å². The molecule has 2 aliphatic heterocycles. The predicted molar refractivity (Wildman–Crippen MR) is 151 cm³/mol. The van der Waals surface area contributed by atoms with E-state index >= 15 is 0 Å². The smallest absolute Gasteiger partial charge is 0.407 e. The molecule has 0 spiro atoms. The van der Waals surface area contributed by atoms with Crippen molar-refractivity contribution in [2.45, 2.75) is 63.0 Å². The number of carbonyl (C=O) groups excluding carboxylic acids is 2. The molecule has 3 N–H and O–H groups in total. The molecule has 0 aromatic heterocycles. The van der Waals surface area contributed by atoms with Crippen molar-refractivity contribution in [3.05, 3.63) is 60.2 Å². The molecule has 2 heterocycles. The van der Waals surface area contributed by atoms with Crippen LogP contribution < -0.4 is 10.6 Å². The lowest BCUT2D eigenvalue weighted by molar-refractivity contribution is -0.114. The first-order valence-corrected chi connectivity index (χ1v) is 15.3. The van der Waals surface area contributed by atoms with E-state index in [0.717, 1.165) is 12.0 Å². The lowest BCUT2D eigenvalue weighted by Crippen LogP contribution is -2.51. The van der Waals surface area contributed by atoms with Gasteiger partial charge in [0.2, 0.25) is 15.9 Å². The SMILES string of the molecule is CC(=O)Nc1ccc(S(=O)(=O)N(CC(C)C)C[C@@H](O)[C@H](Cc2ccccc2)NC(=O)OC2COC3OCCC23)cc1. The molecule has 2 fully saturated rings. The molecule has 4 rings (SSSR count). The molecule has 41 heavy (non-hydrogen) atoms. The van der Waals surface area contributed by atoms with E-state index in [9.17, 15) is 23.1 Å². The van der Waals surface area contributed by atoms with Crippen LogP contribution in [-0.4, -0.2) is 80.7 Å². The summed E-state index contributed by atoms with van der Waals surface area (Å²) in [7, 11) is -4.01. The number of ether oxygens (including phenoxy) is 3. The van der Waals surface area contributed by atoms with Crippen LogP contribution in [0.15, 0.2) is 59.5 Å². The number of hydrogen-bond acceptors (Lipinski definition) is 8. The molecule has 2 aromatic carbocycles. The van der Waals surface area contributed by atoms with Crippen LogP contribution in [0.25, 0.3) is 0 Å². The van der Waals surface area contributed by atoms with Crippen molar-refractivity contribution in [2.24, 2.45) is 11.8 Å². The Morgan fingerprint density at radius 2 is 1.78 bits per heavy atom. The maximum Gasteiger partial charge on any atom is 0.407 e. The van der Waals surface area contributed by atoms with Crippen molar-refractivity contribution in [3.63, 3.8) is 0 Å². The summed E-state index contributed by atoms with van der Waals surface area (Å²) < 4.78 is 45.3. The number of nitrogens with zero attached hydrogens (tertiary/aromatic N) is 1. The van der Waals surface area contributed by atoms with Crippen LogP contribution in [0.3, 0.4) is 0 Å². The molecule has 2 aliphatic rings. The molecule has 5 atom stereocenters. The zero-order valence-corrected chi connectivity index (χ0v) is 24.4. The largest absolute Gasteiger partial charge is 0.443 e. The fourth-order valence-corrected chi connectivity index (χ4v) is 6.72. The van der Waals surface area contributed by atoms with E-state index in [1.807, 2.05) is 44.2 Å². The molecule has 2 amide bonds. The van der Waals surface area contributed by atoms with Gasteiger partial charge < -0.3 is 30.0 Å². The second-order valence-electron chi connectivity index (χ2n) is 10.9. The van der Waals surface area contributed by atoms with Crippen LogP contribution in [0.4, 0.5) is 10.5 Å². The van der Waals surface area contributed by atoms with Crippen LogP contribution in [0, 0.1) is 11.8 Å². The Bertz CT molecular complexity index is 1270. The highest BCUT2D eigenvalue weighted by atomic mass is 32.2. The summed E-state index contributed by atoms with van der Waals surface area (Å²) in [5.41, 5.74) is 1.33. The Morgan fingerprint density at radius 3 is 2.44 bits per heavy atom. The summed E-state index contributed by atoms with van der Waals surface area (Å²) in [5.74, 6) is -0.343. The molecular weight excluding hydrogens is 550 g/mol. The molecule has 3 unspecified atom stereocenters. The van der Waals surface area contributed by atoms with Gasteiger partial charge in [-0.2, -0.15) is 4.31 Å². The number of sulfonamides is 1. The lowest BCUT2D eigenvalue weighted by Gasteiger charge is -2.31. The van der Waals surface area contributed by atoms with Crippen LogP contribution in [0.2, 0.25) is 0 Å². The topological polar surface area (TPSA) is 144 Å². The third-order valence-corrected chi connectivity index (χ3v) is 8.93. The van der Waals surface area contributed by atoms with E-state index in [1.54, 1.807) is 0 Å². The van der Waals surface area contributed by atoms with Gasteiger partial charge in [-0.25, -0.2) is 13.2 Å². The van der Waals surface area contributed by atoms with Gasteiger partial charge in [0.05, 0.1) is 36.2 Å². The number of rotatable bonds is 12. The number of alkyl carbamates (subject to hydrolysis) is 1. The number of anilines is 1. The molecule has 224 valence electrons. The Kier molecular flexibility index (Phi) is 10.4. The summed E-state index contributed by atoms with van der Waals surface area (Å²) in [6.45, 7) is 5.81. The van der Waals surface area contributed by atoms with Crippen molar-refractivity contribution < 1.29 is 37.3 Å². The maximum atomic E-state index is 13.7. The second-order valence-corrected chi connectivity index (χ2v) is 12.8. The average molecular weight is 590 g/mol. The van der Waals surface area contributed by atoms with E-state index in [4.69, 9.17) is 14.2 Å². The molecule has 0 aliphatic carbocycles. The zero-order valence-electron chi connectivity index (χ0n) is 23.6. The van der Waals surface area contributed by atoms with Gasteiger partial charge in [-0.15, -0.1) is 0 Å². The lowest BCUT2D eigenvalue weighted by atomic mass is 10.0. The third-order valence-electron chi connectivity index (χ3n) is 7.08. The molecule has 0 radical (unpaired) electrons. The van der Waals surface area contributed by atoms with Gasteiger partial charge in [0.25, 0.3) is 0 Å². The number of benzene rings is 2. The fourth-order valence-electron chi connectivity index (χ4n) is 5.10. The van der Waals surface area contributed by atoms with Gasteiger partial charge in [-0.1, -0.05) is 44.2 Å². The minimum Gasteiger partial charge on any atom is -0.443 e. The third kappa shape index (κ3) is 8.26. The van der Waals surface area contributed by atoms with E-state index in [2.05, 4.69) is 10.6 Å². The van der Waals surface area contributed by atoms with E-state index in [-0.39, 0.29) is 55.0 Å². The first kappa shape index (κ1) is 30.9. The molecule has 2 aromatic rings. The first-order chi connectivity index (χ1) is 19.5. The molecule has 0 saturated carbocycles. The summed E-state index contributed by atoms with van der Waals surface area (Å²) >= 11 is 0. The molecule has 2 saturated heterocycles. The Morgan fingerprint density at radius 1 is 1.07 bits per heavy atom. The van der Waals surface area contributed by atoms with Gasteiger partial charge in [0, 0.05) is 25.7 Å². The van der Waals surface area contributed by atoms with E-state index in [0.29, 0.717) is 12.3 Å². The van der Waals surface area contributed by atoms with Crippen LogP contribution in [0.1, 0.15) is 32.8 Å². The van der Waals surface area contributed by atoms with Gasteiger partial charge in [-0.3, -0.25) is 4.79 Å². The summed E-state index contributed by atoms with van der Waals surface area (Å²) in [5, 5.41) is 16.8. The monoisotopic (exact) mass is 589 g/mol. The number of nitrogens with one attached hydrogen (secondary N) is 2. The zero-order chi connectivity index (χ0) is 29.6. The standard InChI is InChI=1S/C29H39N3O8S/c1-19(2)16-32(41(36,37)23-11-9-22(10-12-23)30-20(3)33)17-26(34)25(15-21-7-5-4-6-8-21)31-29(35)40-27-18-39-28-24(27)13-14-38-28/h4-12,19,24-28,34H,13-18H2,1-3H3,(H,30,33)(H,31,35)/t24?,25-,26+,27?,28?/m0/s1. The summed E-state index contributed by atoms with van der Waals surface area (Å²) in [4.78, 5) is 24.4. The highest BCUT2D eigenvalue weighted by Crippen LogP contribution is 2.33. The van der Waals surface area contributed by atoms with Crippen molar-refractivity contribution in [1.82, 2.24) is 9.62 Å². The normalized spacial score (nSPS) is 21.9. The van der Waals surface area contributed by atoms with Crippen molar-refractivity contribution >= 4 is 27.7 Å². The molecular formula is C29H39N3O8S. The Balaban J connectivity index is 1.51. The number of carbonyl (C=O) groups is 2.